The summed E-state index contributed by atoms with van der Waals surface area (Å²) in [5.41, 5.74) is 1.74. The number of piperazine rings is 1. The normalized spacial score (nSPS) is 28.9. The fourth-order valence-electron chi connectivity index (χ4n) is 3.32. The highest BCUT2D eigenvalue weighted by atomic mass is 15.3. The summed E-state index contributed by atoms with van der Waals surface area (Å²) in [6.45, 7) is 16.1. The fourth-order valence-corrected chi connectivity index (χ4v) is 3.32. The van der Waals surface area contributed by atoms with Crippen molar-refractivity contribution < 1.29 is 0 Å². The third-order valence-electron chi connectivity index (χ3n) is 4.66. The van der Waals surface area contributed by atoms with Crippen LogP contribution in [0, 0.1) is 5.41 Å². The van der Waals surface area contributed by atoms with Crippen molar-refractivity contribution in [2.45, 2.75) is 59.2 Å². The van der Waals surface area contributed by atoms with Crippen LogP contribution in [-0.2, 0) is 5.54 Å². The molecule has 0 aliphatic carbocycles. The Morgan fingerprint density at radius 2 is 1.80 bits per heavy atom. The molecule has 0 aromatic heterocycles. The first-order valence-corrected chi connectivity index (χ1v) is 7.80. The molecule has 0 saturated carbocycles. The van der Waals surface area contributed by atoms with Crippen molar-refractivity contribution in [3.8, 4) is 0 Å². The minimum absolute atomic E-state index is 0.0489. The second-order valence-corrected chi connectivity index (χ2v) is 7.73. The summed E-state index contributed by atoms with van der Waals surface area (Å²) in [6.07, 6.45) is 0. The van der Waals surface area contributed by atoms with Gasteiger partial charge in [-0.15, -0.1) is 0 Å². The zero-order valence-electron chi connectivity index (χ0n) is 13.9. The highest BCUT2D eigenvalue weighted by molar-refractivity contribution is 5.25. The van der Waals surface area contributed by atoms with Crippen LogP contribution in [0.1, 0.15) is 47.1 Å². The van der Waals surface area contributed by atoms with Gasteiger partial charge in [0.2, 0.25) is 0 Å². The monoisotopic (exact) mass is 274 g/mol. The molecule has 1 N–H and O–H groups in total. The van der Waals surface area contributed by atoms with Gasteiger partial charge in [-0.3, -0.25) is 4.90 Å². The predicted octanol–water partition coefficient (Wildman–Crippen LogP) is 3.63. The van der Waals surface area contributed by atoms with E-state index >= 15 is 0 Å². The maximum absolute atomic E-state index is 3.81. The van der Waals surface area contributed by atoms with Crippen molar-refractivity contribution >= 4 is 0 Å². The van der Waals surface area contributed by atoms with Gasteiger partial charge in [0, 0.05) is 25.2 Å². The quantitative estimate of drug-likeness (QED) is 0.886. The Labute approximate surface area is 124 Å². The third-order valence-corrected chi connectivity index (χ3v) is 4.66. The summed E-state index contributed by atoms with van der Waals surface area (Å²) in [6, 6.07) is 12.0. The van der Waals surface area contributed by atoms with E-state index in [1.165, 1.54) is 5.56 Å². The van der Waals surface area contributed by atoms with Gasteiger partial charge in [-0.25, -0.2) is 0 Å². The van der Waals surface area contributed by atoms with Gasteiger partial charge in [0.05, 0.1) is 5.54 Å². The Balaban J connectivity index is 2.27. The van der Waals surface area contributed by atoms with E-state index in [0.29, 0.717) is 17.5 Å². The third kappa shape index (κ3) is 3.07. The summed E-state index contributed by atoms with van der Waals surface area (Å²) in [7, 11) is 0. The van der Waals surface area contributed by atoms with Crippen molar-refractivity contribution in [2.75, 3.05) is 13.1 Å². The van der Waals surface area contributed by atoms with Gasteiger partial charge in [-0.05, 0) is 31.7 Å². The maximum atomic E-state index is 3.81. The number of hydrogen-bond acceptors (Lipinski definition) is 2. The molecule has 1 heterocycles. The number of nitrogens with one attached hydrogen (secondary N) is 1. The molecule has 0 radical (unpaired) electrons. The number of hydrogen-bond donors (Lipinski definition) is 1. The van der Waals surface area contributed by atoms with Crippen LogP contribution in [0.2, 0.25) is 0 Å². The van der Waals surface area contributed by atoms with Crippen molar-refractivity contribution in [3.63, 3.8) is 0 Å². The summed E-state index contributed by atoms with van der Waals surface area (Å²) in [4.78, 5) is 2.67. The topological polar surface area (TPSA) is 15.3 Å². The van der Waals surface area contributed by atoms with E-state index in [1.807, 2.05) is 0 Å². The molecule has 112 valence electrons. The molecule has 0 bridgehead atoms. The van der Waals surface area contributed by atoms with Crippen LogP contribution in [0.3, 0.4) is 0 Å². The molecule has 1 fully saturated rings. The summed E-state index contributed by atoms with van der Waals surface area (Å²) >= 11 is 0. The van der Waals surface area contributed by atoms with Crippen LogP contribution in [0.15, 0.2) is 30.3 Å². The summed E-state index contributed by atoms with van der Waals surface area (Å²) in [5.74, 6) is 0. The predicted molar refractivity (Wildman–Crippen MR) is 86.9 cm³/mol. The van der Waals surface area contributed by atoms with Crippen LogP contribution >= 0.6 is 0 Å². The standard InChI is InChI=1S/C18H30N2/c1-14(2)20-13-18(6,15-10-8-7-9-11-15)19-12-16(20)17(3,4)5/h7-11,14,16,19H,12-13H2,1-6H3. The largest absolute Gasteiger partial charge is 0.305 e. The Kier molecular flexibility index (Phi) is 4.27. The number of rotatable bonds is 2. The zero-order valence-corrected chi connectivity index (χ0v) is 13.9. The van der Waals surface area contributed by atoms with Crippen molar-refractivity contribution in [2.24, 2.45) is 5.41 Å². The lowest BCUT2D eigenvalue weighted by molar-refractivity contribution is 0.00461. The minimum atomic E-state index is 0.0489. The molecule has 1 aromatic carbocycles. The van der Waals surface area contributed by atoms with Gasteiger partial charge >= 0.3 is 0 Å². The van der Waals surface area contributed by atoms with E-state index in [2.05, 4.69) is 82.1 Å². The molecule has 2 nitrogen and oxygen atoms in total. The number of nitrogens with zero attached hydrogens (tertiary/aromatic N) is 1. The highest BCUT2D eigenvalue weighted by Gasteiger charge is 2.42. The zero-order chi connectivity index (χ0) is 15.0. The molecule has 0 spiro atoms. The first-order valence-electron chi connectivity index (χ1n) is 7.80. The molecule has 1 aliphatic heterocycles. The molecule has 0 amide bonds. The Morgan fingerprint density at radius 3 is 2.30 bits per heavy atom. The van der Waals surface area contributed by atoms with Gasteiger partial charge in [0.15, 0.2) is 0 Å². The smallest absolute Gasteiger partial charge is 0.0535 e. The average molecular weight is 274 g/mol. The summed E-state index contributed by atoms with van der Waals surface area (Å²) in [5, 5.41) is 3.81. The van der Waals surface area contributed by atoms with E-state index in [4.69, 9.17) is 0 Å². The lowest BCUT2D eigenvalue weighted by Gasteiger charge is -2.52. The van der Waals surface area contributed by atoms with E-state index in [-0.39, 0.29) is 5.54 Å². The van der Waals surface area contributed by atoms with Gasteiger partial charge < -0.3 is 5.32 Å². The molecule has 2 atom stereocenters. The Morgan fingerprint density at radius 1 is 1.20 bits per heavy atom. The summed E-state index contributed by atoms with van der Waals surface area (Å²) < 4.78 is 0. The second kappa shape index (κ2) is 5.50. The van der Waals surface area contributed by atoms with Crippen LogP contribution < -0.4 is 5.32 Å². The van der Waals surface area contributed by atoms with Crippen LogP contribution in [0.25, 0.3) is 0 Å². The first kappa shape index (κ1) is 15.5. The van der Waals surface area contributed by atoms with E-state index in [9.17, 15) is 0 Å². The molecule has 2 heteroatoms. The van der Waals surface area contributed by atoms with Crippen molar-refractivity contribution in [3.05, 3.63) is 35.9 Å². The van der Waals surface area contributed by atoms with E-state index in [1.54, 1.807) is 0 Å². The molecule has 20 heavy (non-hydrogen) atoms. The number of benzene rings is 1. The molecule has 2 rings (SSSR count). The van der Waals surface area contributed by atoms with Gasteiger partial charge in [0.1, 0.15) is 0 Å². The molecule has 1 saturated heterocycles. The van der Waals surface area contributed by atoms with Crippen molar-refractivity contribution in [1.82, 2.24) is 10.2 Å². The highest BCUT2D eigenvalue weighted by Crippen LogP contribution is 2.34. The molecule has 2 unspecified atom stereocenters. The van der Waals surface area contributed by atoms with Crippen LogP contribution in [0.5, 0.6) is 0 Å². The molecule has 1 aliphatic rings. The van der Waals surface area contributed by atoms with Crippen molar-refractivity contribution in [1.29, 1.82) is 0 Å². The Hall–Kier alpha value is -0.860. The molecular formula is C18H30N2. The molecule has 1 aromatic rings. The first-order chi connectivity index (χ1) is 9.24. The van der Waals surface area contributed by atoms with Crippen LogP contribution in [0.4, 0.5) is 0 Å². The van der Waals surface area contributed by atoms with Gasteiger partial charge in [-0.1, -0.05) is 51.1 Å². The second-order valence-electron chi connectivity index (χ2n) is 7.73. The van der Waals surface area contributed by atoms with Gasteiger partial charge in [-0.2, -0.15) is 0 Å². The lowest BCUT2D eigenvalue weighted by Crippen LogP contribution is -2.65. The SMILES string of the molecule is CC(C)N1CC(C)(c2ccccc2)NCC1C(C)(C)C. The van der Waals surface area contributed by atoms with Crippen LogP contribution in [-0.4, -0.2) is 30.1 Å². The maximum Gasteiger partial charge on any atom is 0.0535 e. The van der Waals surface area contributed by atoms with E-state index in [0.717, 1.165) is 13.1 Å². The van der Waals surface area contributed by atoms with E-state index < -0.39 is 0 Å². The minimum Gasteiger partial charge on any atom is -0.305 e. The molecular weight excluding hydrogens is 244 g/mol. The van der Waals surface area contributed by atoms with Gasteiger partial charge in [0.25, 0.3) is 0 Å². The average Bonchev–Trinajstić information content (AvgIpc) is 2.38. The fraction of sp³-hybridized carbons (Fsp3) is 0.667. The lowest BCUT2D eigenvalue weighted by atomic mass is 9.79. The Bertz CT molecular complexity index is 432.